The zero-order valence-corrected chi connectivity index (χ0v) is 9.27. The highest BCUT2D eigenvalue weighted by molar-refractivity contribution is 5.87. The third-order valence-corrected chi connectivity index (χ3v) is 1.92. The molecule has 0 heterocycles. The molecule has 0 aromatic heterocycles. The summed E-state index contributed by atoms with van der Waals surface area (Å²) in [5.41, 5.74) is 0.536. The second kappa shape index (κ2) is 5.80. The molecule has 0 aliphatic heterocycles. The average molecular weight is 222 g/mol. The topological polar surface area (TPSA) is 55.8 Å². The maximum absolute atomic E-state index is 11.0. The van der Waals surface area contributed by atoms with Crippen LogP contribution in [0.2, 0.25) is 0 Å². The van der Waals surface area contributed by atoms with Crippen molar-refractivity contribution in [2.75, 3.05) is 13.7 Å². The van der Waals surface area contributed by atoms with Crippen LogP contribution in [0.25, 0.3) is 6.08 Å². The first-order valence-electron chi connectivity index (χ1n) is 4.89. The highest BCUT2D eigenvalue weighted by Gasteiger charge is 2.01. The van der Waals surface area contributed by atoms with Gasteiger partial charge in [0, 0.05) is 17.7 Å². The summed E-state index contributed by atoms with van der Waals surface area (Å²) in [4.78, 5) is 11.0. The van der Waals surface area contributed by atoms with Gasteiger partial charge in [-0.05, 0) is 25.1 Å². The second-order valence-electron chi connectivity index (χ2n) is 3.01. The lowest BCUT2D eigenvalue weighted by atomic mass is 10.2. The van der Waals surface area contributed by atoms with Crippen molar-refractivity contribution in [3.05, 3.63) is 29.8 Å². The minimum absolute atomic E-state index is 0.0555. The number of carbonyl (C=O) groups excluding carboxylic acids is 1. The molecule has 86 valence electrons. The largest absolute Gasteiger partial charge is 0.507 e. The minimum atomic E-state index is -0.433. The van der Waals surface area contributed by atoms with Crippen LogP contribution in [-0.4, -0.2) is 24.8 Å². The molecule has 0 bridgehead atoms. The molecule has 16 heavy (non-hydrogen) atoms. The monoisotopic (exact) mass is 222 g/mol. The molecule has 0 amide bonds. The number of methoxy groups -OCH3 is 1. The summed E-state index contributed by atoms with van der Waals surface area (Å²) in [5, 5.41) is 9.58. The maximum Gasteiger partial charge on any atom is 0.330 e. The van der Waals surface area contributed by atoms with E-state index in [0.29, 0.717) is 17.9 Å². The number of phenolic OH excluding ortho intramolecular Hbond substituents is 1. The second-order valence-corrected chi connectivity index (χ2v) is 3.01. The van der Waals surface area contributed by atoms with Crippen molar-refractivity contribution in [2.24, 2.45) is 0 Å². The van der Waals surface area contributed by atoms with Crippen molar-refractivity contribution in [1.82, 2.24) is 0 Å². The molecule has 4 nitrogen and oxygen atoms in total. The Morgan fingerprint density at radius 2 is 2.25 bits per heavy atom. The van der Waals surface area contributed by atoms with Gasteiger partial charge in [0.05, 0.1) is 13.7 Å². The molecule has 0 spiro atoms. The fraction of sp³-hybridized carbons (Fsp3) is 0.250. The van der Waals surface area contributed by atoms with Crippen LogP contribution in [0.4, 0.5) is 0 Å². The lowest BCUT2D eigenvalue weighted by molar-refractivity contribution is -0.137. The standard InChI is InChI=1S/C12H14O4/c1-3-16-12(14)7-5-9-4-6-10(15-2)8-11(9)13/h4-8,13H,3H2,1-2H3/b7-5-. The average Bonchev–Trinajstić information content (AvgIpc) is 2.27. The Balaban J connectivity index is 2.78. The van der Waals surface area contributed by atoms with Crippen molar-refractivity contribution in [3.8, 4) is 11.5 Å². The molecular weight excluding hydrogens is 208 g/mol. The lowest BCUT2D eigenvalue weighted by Gasteiger charge is -2.02. The molecule has 4 heteroatoms. The Morgan fingerprint density at radius 1 is 1.50 bits per heavy atom. The minimum Gasteiger partial charge on any atom is -0.507 e. The van der Waals surface area contributed by atoms with E-state index in [1.165, 1.54) is 25.3 Å². The number of esters is 1. The Bertz CT molecular complexity index is 396. The van der Waals surface area contributed by atoms with Crippen LogP contribution in [0.15, 0.2) is 24.3 Å². The summed E-state index contributed by atoms with van der Waals surface area (Å²) in [6.45, 7) is 2.06. The highest BCUT2D eigenvalue weighted by atomic mass is 16.5. The lowest BCUT2D eigenvalue weighted by Crippen LogP contribution is -1.98. The van der Waals surface area contributed by atoms with Crippen LogP contribution >= 0.6 is 0 Å². The third kappa shape index (κ3) is 3.31. The molecule has 0 aliphatic rings. The number of aromatic hydroxyl groups is 1. The van der Waals surface area contributed by atoms with Crippen LogP contribution in [0.3, 0.4) is 0 Å². The first-order chi connectivity index (χ1) is 7.67. The molecule has 0 aliphatic carbocycles. The van der Waals surface area contributed by atoms with E-state index in [2.05, 4.69) is 0 Å². The normalized spacial score (nSPS) is 10.4. The van der Waals surface area contributed by atoms with E-state index in [4.69, 9.17) is 9.47 Å². The summed E-state index contributed by atoms with van der Waals surface area (Å²) in [6, 6.07) is 4.83. The van der Waals surface area contributed by atoms with E-state index in [9.17, 15) is 9.90 Å². The summed E-state index contributed by atoms with van der Waals surface area (Å²) in [6.07, 6.45) is 2.76. The molecule has 1 N–H and O–H groups in total. The molecule has 0 atom stereocenters. The molecule has 0 saturated heterocycles. The van der Waals surface area contributed by atoms with Crippen molar-refractivity contribution >= 4 is 12.0 Å². The van der Waals surface area contributed by atoms with Gasteiger partial charge in [0.2, 0.25) is 0 Å². The number of ether oxygens (including phenoxy) is 2. The van der Waals surface area contributed by atoms with Gasteiger partial charge in [0.25, 0.3) is 0 Å². The SMILES string of the molecule is CCOC(=O)/C=C\c1ccc(OC)cc1O. The van der Waals surface area contributed by atoms with Crippen LogP contribution < -0.4 is 4.74 Å². The fourth-order valence-electron chi connectivity index (χ4n) is 1.14. The van der Waals surface area contributed by atoms with E-state index in [-0.39, 0.29) is 5.75 Å². The van der Waals surface area contributed by atoms with Crippen LogP contribution in [0.1, 0.15) is 12.5 Å². The molecule has 0 radical (unpaired) electrons. The molecule has 1 aromatic rings. The number of phenols is 1. The predicted molar refractivity (Wildman–Crippen MR) is 60.3 cm³/mol. The number of hydrogen-bond donors (Lipinski definition) is 1. The Labute approximate surface area is 94.1 Å². The van der Waals surface area contributed by atoms with Crippen LogP contribution in [-0.2, 0) is 9.53 Å². The first-order valence-corrected chi connectivity index (χ1v) is 4.89. The van der Waals surface area contributed by atoms with Gasteiger partial charge >= 0.3 is 5.97 Å². The summed E-state index contributed by atoms with van der Waals surface area (Å²) in [5.74, 6) is 0.184. The molecule has 0 fully saturated rings. The Kier molecular flexibility index (Phi) is 4.39. The molecule has 0 saturated carbocycles. The first kappa shape index (κ1) is 12.1. The Morgan fingerprint density at radius 3 is 2.81 bits per heavy atom. The van der Waals surface area contributed by atoms with Gasteiger partial charge in [0.1, 0.15) is 11.5 Å². The smallest absolute Gasteiger partial charge is 0.330 e. The number of hydrogen-bond acceptors (Lipinski definition) is 4. The van der Waals surface area contributed by atoms with E-state index in [0.717, 1.165) is 0 Å². The van der Waals surface area contributed by atoms with Crippen molar-refractivity contribution in [3.63, 3.8) is 0 Å². The van der Waals surface area contributed by atoms with Crippen LogP contribution in [0, 0.1) is 0 Å². The van der Waals surface area contributed by atoms with Crippen molar-refractivity contribution < 1.29 is 19.4 Å². The van der Waals surface area contributed by atoms with E-state index < -0.39 is 5.97 Å². The van der Waals surface area contributed by atoms with Gasteiger partial charge in [0.15, 0.2) is 0 Å². The summed E-state index contributed by atoms with van der Waals surface area (Å²) in [7, 11) is 1.52. The third-order valence-electron chi connectivity index (χ3n) is 1.92. The van der Waals surface area contributed by atoms with Gasteiger partial charge in [-0.25, -0.2) is 4.79 Å². The summed E-state index contributed by atoms with van der Waals surface area (Å²) >= 11 is 0. The van der Waals surface area contributed by atoms with Crippen LogP contribution in [0.5, 0.6) is 11.5 Å². The zero-order chi connectivity index (χ0) is 12.0. The number of carbonyl (C=O) groups is 1. The molecule has 1 rings (SSSR count). The highest BCUT2D eigenvalue weighted by Crippen LogP contribution is 2.24. The van der Waals surface area contributed by atoms with E-state index in [1.54, 1.807) is 19.1 Å². The van der Waals surface area contributed by atoms with Gasteiger partial charge < -0.3 is 14.6 Å². The molecule has 0 unspecified atom stereocenters. The maximum atomic E-state index is 11.0. The Hall–Kier alpha value is -1.97. The van der Waals surface area contributed by atoms with E-state index in [1.807, 2.05) is 0 Å². The van der Waals surface area contributed by atoms with Crippen molar-refractivity contribution in [1.29, 1.82) is 0 Å². The predicted octanol–water partition coefficient (Wildman–Crippen LogP) is 1.98. The fourth-order valence-corrected chi connectivity index (χ4v) is 1.14. The van der Waals surface area contributed by atoms with Gasteiger partial charge in [-0.2, -0.15) is 0 Å². The molecular formula is C12H14O4. The molecule has 1 aromatic carbocycles. The van der Waals surface area contributed by atoms with E-state index >= 15 is 0 Å². The quantitative estimate of drug-likeness (QED) is 0.625. The van der Waals surface area contributed by atoms with Gasteiger partial charge in [-0.3, -0.25) is 0 Å². The number of benzene rings is 1. The van der Waals surface area contributed by atoms with Gasteiger partial charge in [-0.1, -0.05) is 0 Å². The number of rotatable bonds is 4. The zero-order valence-electron chi connectivity index (χ0n) is 9.27. The summed E-state index contributed by atoms with van der Waals surface area (Å²) < 4.78 is 9.65. The van der Waals surface area contributed by atoms with Gasteiger partial charge in [-0.15, -0.1) is 0 Å². The van der Waals surface area contributed by atoms with Crippen molar-refractivity contribution in [2.45, 2.75) is 6.92 Å².